The fourth-order valence-corrected chi connectivity index (χ4v) is 3.41. The second kappa shape index (κ2) is 7.87. The lowest BCUT2D eigenvalue weighted by molar-refractivity contribution is -0.132. The number of ether oxygens (including phenoxy) is 2. The molecule has 2 aliphatic heterocycles. The van der Waals surface area contributed by atoms with Gasteiger partial charge in [-0.3, -0.25) is 9.59 Å². The van der Waals surface area contributed by atoms with Gasteiger partial charge in [-0.1, -0.05) is 6.07 Å². The maximum Gasteiger partial charge on any atom is 0.254 e. The van der Waals surface area contributed by atoms with Gasteiger partial charge < -0.3 is 19.3 Å². The Morgan fingerprint density at radius 1 is 1.28 bits per heavy atom. The second-order valence-electron chi connectivity index (χ2n) is 6.86. The molecule has 6 nitrogen and oxygen atoms in total. The van der Waals surface area contributed by atoms with Gasteiger partial charge in [-0.2, -0.15) is 0 Å². The normalized spacial score (nSPS) is 22.9. The first-order valence-electron chi connectivity index (χ1n) is 8.93. The maximum absolute atomic E-state index is 12.9. The first kappa shape index (κ1) is 17.7. The van der Waals surface area contributed by atoms with E-state index in [0.717, 1.165) is 32.3 Å². The molecule has 2 heterocycles. The zero-order valence-corrected chi connectivity index (χ0v) is 14.9. The molecule has 2 fully saturated rings. The molecule has 0 bridgehead atoms. The predicted molar refractivity (Wildman–Crippen MR) is 93.7 cm³/mol. The van der Waals surface area contributed by atoms with Crippen LogP contribution in [0.1, 0.15) is 36.0 Å². The van der Waals surface area contributed by atoms with Gasteiger partial charge in [-0.15, -0.1) is 0 Å². The van der Waals surface area contributed by atoms with E-state index < -0.39 is 0 Å². The van der Waals surface area contributed by atoms with Crippen LogP contribution in [0.4, 0.5) is 0 Å². The summed E-state index contributed by atoms with van der Waals surface area (Å²) in [5.41, 5.74) is 0.559. The number of carbonyl (C=O) groups is 2. The number of likely N-dealkylation sites (N-methyl/N-ethyl adjacent to an activating group) is 1. The summed E-state index contributed by atoms with van der Waals surface area (Å²) in [5.74, 6) is 0.535. The van der Waals surface area contributed by atoms with Crippen LogP contribution >= 0.6 is 0 Å². The van der Waals surface area contributed by atoms with Crippen molar-refractivity contribution in [3.05, 3.63) is 29.8 Å². The molecule has 0 N–H and O–H groups in total. The van der Waals surface area contributed by atoms with E-state index in [2.05, 4.69) is 0 Å². The first-order chi connectivity index (χ1) is 12.1. The van der Waals surface area contributed by atoms with Gasteiger partial charge >= 0.3 is 0 Å². The van der Waals surface area contributed by atoms with Crippen molar-refractivity contribution in [3.8, 4) is 5.75 Å². The molecule has 2 amide bonds. The number of carbonyl (C=O) groups excluding carboxylic acids is 2. The van der Waals surface area contributed by atoms with Crippen LogP contribution < -0.4 is 4.74 Å². The minimum Gasteiger partial charge on any atom is -0.491 e. The summed E-state index contributed by atoms with van der Waals surface area (Å²) in [7, 11) is 3.45. The van der Waals surface area contributed by atoms with Gasteiger partial charge in [-0.05, 0) is 43.9 Å². The number of hydrogen-bond acceptors (Lipinski definition) is 4. The molecule has 6 heteroatoms. The quantitative estimate of drug-likeness (QED) is 0.817. The summed E-state index contributed by atoms with van der Waals surface area (Å²) in [4.78, 5) is 28.4. The number of hydrogen-bond donors (Lipinski definition) is 0. The molecule has 1 aromatic carbocycles. The Bertz CT molecular complexity index is 626. The molecule has 0 spiro atoms. The average Bonchev–Trinajstić information content (AvgIpc) is 3.30. The third kappa shape index (κ3) is 4.12. The average molecular weight is 346 g/mol. The summed E-state index contributed by atoms with van der Waals surface area (Å²) in [6, 6.07) is 6.83. The molecular formula is C19H26N2O4. The van der Waals surface area contributed by atoms with Crippen LogP contribution in [0.15, 0.2) is 24.3 Å². The highest BCUT2D eigenvalue weighted by atomic mass is 16.5. The second-order valence-corrected chi connectivity index (χ2v) is 6.86. The smallest absolute Gasteiger partial charge is 0.254 e. The van der Waals surface area contributed by atoms with Crippen molar-refractivity contribution in [3.63, 3.8) is 0 Å². The van der Waals surface area contributed by atoms with Crippen LogP contribution in [0.5, 0.6) is 5.75 Å². The van der Waals surface area contributed by atoms with Crippen LogP contribution in [-0.4, -0.2) is 67.6 Å². The Morgan fingerprint density at radius 3 is 2.84 bits per heavy atom. The van der Waals surface area contributed by atoms with Crippen molar-refractivity contribution in [2.45, 2.75) is 37.8 Å². The molecule has 25 heavy (non-hydrogen) atoms. The van der Waals surface area contributed by atoms with Crippen molar-refractivity contribution < 1.29 is 19.1 Å². The van der Waals surface area contributed by atoms with Crippen LogP contribution in [0.2, 0.25) is 0 Å². The molecule has 0 radical (unpaired) electrons. The number of likely N-dealkylation sites (tertiary alicyclic amines) is 1. The summed E-state index contributed by atoms with van der Waals surface area (Å²) < 4.78 is 11.3. The molecule has 136 valence electrons. The van der Waals surface area contributed by atoms with Gasteiger partial charge in [-0.25, -0.2) is 0 Å². The Morgan fingerprint density at radius 2 is 2.12 bits per heavy atom. The van der Waals surface area contributed by atoms with Crippen molar-refractivity contribution in [1.29, 1.82) is 0 Å². The van der Waals surface area contributed by atoms with Gasteiger partial charge in [0.1, 0.15) is 18.4 Å². The zero-order valence-electron chi connectivity index (χ0n) is 14.9. The number of amides is 2. The van der Waals surface area contributed by atoms with Crippen molar-refractivity contribution >= 4 is 11.8 Å². The Kier molecular flexibility index (Phi) is 5.58. The van der Waals surface area contributed by atoms with E-state index in [9.17, 15) is 9.59 Å². The lowest BCUT2D eigenvalue weighted by Crippen LogP contribution is -2.45. The topological polar surface area (TPSA) is 59.1 Å². The molecule has 0 saturated carbocycles. The van der Waals surface area contributed by atoms with Crippen LogP contribution in [0, 0.1) is 0 Å². The van der Waals surface area contributed by atoms with Gasteiger partial charge in [0.15, 0.2) is 0 Å². The van der Waals surface area contributed by atoms with E-state index >= 15 is 0 Å². The highest BCUT2D eigenvalue weighted by Gasteiger charge is 2.35. The maximum atomic E-state index is 12.9. The molecule has 3 rings (SSSR count). The lowest BCUT2D eigenvalue weighted by Gasteiger charge is -2.26. The van der Waals surface area contributed by atoms with E-state index in [1.165, 1.54) is 0 Å². The molecule has 2 unspecified atom stereocenters. The minimum absolute atomic E-state index is 0.0170. The number of nitrogens with zero attached hydrogens (tertiary/aromatic N) is 2. The third-order valence-electron chi connectivity index (χ3n) is 4.78. The number of benzene rings is 1. The van der Waals surface area contributed by atoms with E-state index in [0.29, 0.717) is 24.5 Å². The van der Waals surface area contributed by atoms with Gasteiger partial charge in [0.25, 0.3) is 5.91 Å². The van der Waals surface area contributed by atoms with Crippen molar-refractivity contribution in [2.24, 2.45) is 0 Å². The third-order valence-corrected chi connectivity index (χ3v) is 4.78. The number of rotatable bonds is 5. The van der Waals surface area contributed by atoms with Gasteiger partial charge in [0, 0.05) is 32.8 Å². The molecule has 1 aromatic rings. The molecule has 2 aliphatic rings. The monoisotopic (exact) mass is 346 g/mol. The summed E-state index contributed by atoms with van der Waals surface area (Å²) in [5, 5.41) is 0. The minimum atomic E-state index is -0.362. The van der Waals surface area contributed by atoms with Gasteiger partial charge in [0.2, 0.25) is 5.91 Å². The van der Waals surface area contributed by atoms with E-state index in [-0.39, 0.29) is 24.0 Å². The first-order valence-corrected chi connectivity index (χ1v) is 8.93. The Hall–Kier alpha value is -2.08. The molecule has 2 saturated heterocycles. The Balaban J connectivity index is 1.67. The molecular weight excluding hydrogens is 320 g/mol. The van der Waals surface area contributed by atoms with E-state index in [4.69, 9.17) is 9.47 Å². The molecule has 0 aliphatic carbocycles. The summed E-state index contributed by atoms with van der Waals surface area (Å²) >= 11 is 0. The molecule has 2 atom stereocenters. The highest BCUT2D eigenvalue weighted by Crippen LogP contribution is 2.23. The van der Waals surface area contributed by atoms with Crippen LogP contribution in [-0.2, 0) is 9.53 Å². The van der Waals surface area contributed by atoms with Crippen LogP contribution in [0.25, 0.3) is 0 Å². The van der Waals surface area contributed by atoms with Crippen LogP contribution in [0.3, 0.4) is 0 Å². The predicted octanol–water partition coefficient (Wildman–Crippen LogP) is 1.94. The highest BCUT2D eigenvalue weighted by molar-refractivity contribution is 5.98. The van der Waals surface area contributed by atoms with Crippen molar-refractivity contribution in [1.82, 2.24) is 9.80 Å². The fraction of sp³-hybridized carbons (Fsp3) is 0.579. The summed E-state index contributed by atoms with van der Waals surface area (Å²) in [6.07, 6.45) is 3.80. The fourth-order valence-electron chi connectivity index (χ4n) is 3.41. The van der Waals surface area contributed by atoms with E-state index in [1.807, 2.05) is 12.1 Å². The standard InChI is InChI=1S/C19H26N2O4/c1-20(2)19(23)17-9-4-10-21(17)18(22)14-6-3-7-15(12-14)25-13-16-8-5-11-24-16/h3,6-7,12,16-17H,4-5,8-11,13H2,1-2H3. The molecule has 0 aromatic heterocycles. The largest absolute Gasteiger partial charge is 0.491 e. The lowest BCUT2D eigenvalue weighted by atomic mass is 10.1. The SMILES string of the molecule is CN(C)C(=O)C1CCCN1C(=O)c1cccc(OCC2CCCO2)c1. The van der Waals surface area contributed by atoms with Gasteiger partial charge in [0.05, 0.1) is 6.10 Å². The zero-order chi connectivity index (χ0) is 17.8. The summed E-state index contributed by atoms with van der Waals surface area (Å²) in [6.45, 7) is 1.91. The van der Waals surface area contributed by atoms with E-state index in [1.54, 1.807) is 36.0 Å². The van der Waals surface area contributed by atoms with Crippen molar-refractivity contribution in [2.75, 3.05) is 33.9 Å². The Labute approximate surface area is 148 Å².